The summed E-state index contributed by atoms with van der Waals surface area (Å²) in [5, 5.41) is 16.5. The Morgan fingerprint density at radius 1 is 1.71 bits per heavy atom. The van der Waals surface area contributed by atoms with Crippen LogP contribution in [-0.4, -0.2) is 34.3 Å². The summed E-state index contributed by atoms with van der Waals surface area (Å²) in [6.07, 6.45) is 5.68. The summed E-state index contributed by atoms with van der Waals surface area (Å²) in [6.45, 7) is 5.69. The first kappa shape index (κ1) is 12.5. The molecule has 4 nitrogen and oxygen atoms in total. The van der Waals surface area contributed by atoms with E-state index >= 15 is 0 Å². The lowest BCUT2D eigenvalue weighted by molar-refractivity contribution is -0.511. The first-order chi connectivity index (χ1) is 7.98. The fourth-order valence-electron chi connectivity index (χ4n) is 2.60. The molecule has 0 amide bonds. The van der Waals surface area contributed by atoms with Gasteiger partial charge in [0.25, 0.3) is 0 Å². The van der Waals surface area contributed by atoms with Gasteiger partial charge >= 0.3 is 0 Å². The van der Waals surface area contributed by atoms with Crippen molar-refractivity contribution in [2.45, 2.75) is 38.4 Å². The van der Waals surface area contributed by atoms with Crippen molar-refractivity contribution in [3.8, 4) is 0 Å². The molecule has 0 aromatic heterocycles. The zero-order valence-corrected chi connectivity index (χ0v) is 11.3. The minimum Gasteiger partial charge on any atom is -0.624 e. The van der Waals surface area contributed by atoms with Gasteiger partial charge in [0.15, 0.2) is 0 Å². The molecule has 94 valence electrons. The molecule has 0 bridgehead atoms. The van der Waals surface area contributed by atoms with Gasteiger partial charge in [0, 0.05) is 18.2 Å². The maximum absolute atomic E-state index is 12.0. The number of hydrogen-bond acceptors (Lipinski definition) is 4. The average molecular weight is 253 g/mol. The largest absolute Gasteiger partial charge is 0.624 e. The zero-order valence-electron chi connectivity index (χ0n) is 10.4. The zero-order chi connectivity index (χ0) is 12.6. The van der Waals surface area contributed by atoms with Crippen molar-refractivity contribution >= 4 is 18.0 Å². The standard InChI is InChI=1S/C12H19N3OS/c1-4-15(16)10-8(2)14-11-9(12(10,3)13)6-5-7-17-11/h4-6,8,10,14H,7,13H2,1-3H3/b15-4-. The van der Waals surface area contributed by atoms with Gasteiger partial charge < -0.3 is 16.3 Å². The lowest BCUT2D eigenvalue weighted by Gasteiger charge is -2.43. The van der Waals surface area contributed by atoms with Crippen LogP contribution in [0.25, 0.3) is 0 Å². The van der Waals surface area contributed by atoms with Gasteiger partial charge in [-0.2, -0.15) is 0 Å². The summed E-state index contributed by atoms with van der Waals surface area (Å²) in [5.41, 5.74) is 6.83. The Hall–Kier alpha value is -0.940. The third kappa shape index (κ3) is 1.98. The van der Waals surface area contributed by atoms with Crippen molar-refractivity contribution in [2.24, 2.45) is 5.73 Å². The molecule has 3 N–H and O–H groups in total. The van der Waals surface area contributed by atoms with Crippen molar-refractivity contribution in [2.75, 3.05) is 5.75 Å². The van der Waals surface area contributed by atoms with Crippen LogP contribution in [0.15, 0.2) is 22.8 Å². The summed E-state index contributed by atoms with van der Waals surface area (Å²) in [4.78, 5) is 0. The fraction of sp³-hybridized carbons (Fsp3) is 0.583. The van der Waals surface area contributed by atoms with E-state index in [1.165, 1.54) is 0 Å². The minimum atomic E-state index is -0.627. The van der Waals surface area contributed by atoms with Crippen LogP contribution in [0.1, 0.15) is 20.8 Å². The van der Waals surface area contributed by atoms with Gasteiger partial charge in [-0.15, -0.1) is 11.8 Å². The van der Waals surface area contributed by atoms with E-state index in [9.17, 15) is 5.21 Å². The second-order valence-electron chi connectivity index (χ2n) is 4.73. The highest BCUT2D eigenvalue weighted by atomic mass is 32.2. The van der Waals surface area contributed by atoms with Gasteiger partial charge in [-0.05, 0) is 13.8 Å². The lowest BCUT2D eigenvalue weighted by atomic mass is 9.79. The highest BCUT2D eigenvalue weighted by Gasteiger charge is 2.48. The maximum Gasteiger partial charge on any atom is 0.204 e. The topological polar surface area (TPSA) is 64.1 Å². The predicted molar refractivity (Wildman–Crippen MR) is 73.0 cm³/mol. The second kappa shape index (κ2) is 4.38. The molecule has 0 fully saturated rings. The van der Waals surface area contributed by atoms with E-state index in [4.69, 9.17) is 5.73 Å². The van der Waals surface area contributed by atoms with Crippen molar-refractivity contribution in [3.05, 3.63) is 28.0 Å². The van der Waals surface area contributed by atoms with Crippen molar-refractivity contribution in [3.63, 3.8) is 0 Å². The Morgan fingerprint density at radius 2 is 2.41 bits per heavy atom. The number of rotatable bonds is 1. The molecule has 0 aromatic rings. The molecule has 0 aliphatic carbocycles. The molecule has 3 unspecified atom stereocenters. The van der Waals surface area contributed by atoms with Crippen LogP contribution in [-0.2, 0) is 0 Å². The summed E-state index contributed by atoms with van der Waals surface area (Å²) in [6, 6.07) is -0.244. The molecule has 0 spiro atoms. The van der Waals surface area contributed by atoms with E-state index in [2.05, 4.69) is 11.4 Å². The average Bonchev–Trinajstić information content (AvgIpc) is 2.28. The SMILES string of the molecule is C/C=[N+](\[O-])C1C(C)NC2=C(C=CCS2)C1(C)N. The molecule has 2 rings (SSSR count). The van der Waals surface area contributed by atoms with E-state index in [1.54, 1.807) is 24.9 Å². The predicted octanol–water partition coefficient (Wildman–Crippen LogP) is 1.18. The number of nitrogens with zero attached hydrogens (tertiary/aromatic N) is 1. The Morgan fingerprint density at radius 3 is 3.06 bits per heavy atom. The minimum absolute atomic E-state index is 0.0384. The fourth-order valence-corrected chi connectivity index (χ4v) is 3.68. The summed E-state index contributed by atoms with van der Waals surface area (Å²) < 4.78 is 0.967. The Kier molecular flexibility index (Phi) is 3.23. The van der Waals surface area contributed by atoms with Gasteiger partial charge in [0.1, 0.15) is 11.8 Å². The highest BCUT2D eigenvalue weighted by molar-refractivity contribution is 8.03. The first-order valence-electron chi connectivity index (χ1n) is 5.83. The molecule has 3 atom stereocenters. The van der Waals surface area contributed by atoms with Crippen LogP contribution < -0.4 is 11.1 Å². The molecule has 5 heteroatoms. The number of nitrogens with one attached hydrogen (secondary N) is 1. The Labute approximate surface area is 106 Å². The van der Waals surface area contributed by atoms with Crippen LogP contribution >= 0.6 is 11.8 Å². The van der Waals surface area contributed by atoms with Crippen LogP contribution in [0.3, 0.4) is 0 Å². The summed E-state index contributed by atoms with van der Waals surface area (Å²) in [7, 11) is 0. The van der Waals surface area contributed by atoms with E-state index in [0.29, 0.717) is 0 Å². The summed E-state index contributed by atoms with van der Waals surface area (Å²) >= 11 is 1.75. The van der Waals surface area contributed by atoms with Crippen LogP contribution in [0.2, 0.25) is 0 Å². The molecule has 2 aliphatic rings. The quantitative estimate of drug-likeness (QED) is 0.319. The van der Waals surface area contributed by atoms with Crippen LogP contribution in [0, 0.1) is 5.21 Å². The number of thioether (sulfide) groups is 1. The first-order valence-corrected chi connectivity index (χ1v) is 6.81. The van der Waals surface area contributed by atoms with Gasteiger partial charge in [0.05, 0.1) is 11.1 Å². The van der Waals surface area contributed by atoms with E-state index in [-0.39, 0.29) is 12.1 Å². The molecule has 0 saturated heterocycles. The third-order valence-electron chi connectivity index (χ3n) is 3.41. The molecule has 0 aromatic carbocycles. The molecule has 2 aliphatic heterocycles. The monoisotopic (exact) mass is 253 g/mol. The Balaban J connectivity index is 2.46. The van der Waals surface area contributed by atoms with E-state index in [0.717, 1.165) is 21.1 Å². The molecule has 2 heterocycles. The second-order valence-corrected chi connectivity index (χ2v) is 5.77. The van der Waals surface area contributed by atoms with Crippen molar-refractivity contribution in [1.29, 1.82) is 0 Å². The van der Waals surface area contributed by atoms with E-state index < -0.39 is 5.54 Å². The number of hydrogen-bond donors (Lipinski definition) is 2. The van der Waals surface area contributed by atoms with E-state index in [1.807, 2.05) is 19.9 Å². The van der Waals surface area contributed by atoms with Gasteiger partial charge in [-0.3, -0.25) is 0 Å². The number of hydroxylamine groups is 1. The maximum atomic E-state index is 12.0. The van der Waals surface area contributed by atoms with Gasteiger partial charge in [0.2, 0.25) is 6.04 Å². The third-order valence-corrected chi connectivity index (χ3v) is 4.39. The van der Waals surface area contributed by atoms with Gasteiger partial charge in [-0.1, -0.05) is 12.2 Å². The van der Waals surface area contributed by atoms with Crippen LogP contribution in [0.5, 0.6) is 0 Å². The molecule has 17 heavy (non-hydrogen) atoms. The highest BCUT2D eigenvalue weighted by Crippen LogP contribution is 2.36. The molecular formula is C12H19N3OS. The molecule has 0 saturated carbocycles. The van der Waals surface area contributed by atoms with Crippen molar-refractivity contribution in [1.82, 2.24) is 5.32 Å². The van der Waals surface area contributed by atoms with Gasteiger partial charge in [-0.25, -0.2) is 4.74 Å². The Bertz CT molecular complexity index is 412. The van der Waals surface area contributed by atoms with Crippen molar-refractivity contribution < 1.29 is 4.74 Å². The molecular weight excluding hydrogens is 234 g/mol. The van der Waals surface area contributed by atoms with Crippen LogP contribution in [0.4, 0.5) is 0 Å². The summed E-state index contributed by atoms with van der Waals surface area (Å²) in [5.74, 6) is 0.959. The number of nitrogens with two attached hydrogens (primary N) is 1. The lowest BCUT2D eigenvalue weighted by Crippen LogP contribution is -2.64. The molecule has 0 radical (unpaired) electrons. The smallest absolute Gasteiger partial charge is 0.204 e. The normalized spacial score (nSPS) is 37.8.